The van der Waals surface area contributed by atoms with Crippen LogP contribution in [0.4, 0.5) is 4.79 Å². The first kappa shape index (κ1) is 33.8. The number of urea groups is 1. The molecule has 4 amide bonds. The van der Waals surface area contributed by atoms with Crippen LogP contribution in [0.15, 0.2) is 109 Å². The summed E-state index contributed by atoms with van der Waals surface area (Å²) in [6, 6.07) is 32.2. The van der Waals surface area contributed by atoms with E-state index >= 15 is 4.79 Å². The third-order valence-corrected chi connectivity index (χ3v) is 9.08. The van der Waals surface area contributed by atoms with E-state index in [0.717, 1.165) is 11.1 Å². The molecule has 2 aliphatic heterocycles. The molecule has 11 nitrogen and oxygen atoms in total. The maximum atomic E-state index is 15.2. The quantitative estimate of drug-likeness (QED) is 0.137. The summed E-state index contributed by atoms with van der Waals surface area (Å²) in [5, 5.41) is 18.6. The van der Waals surface area contributed by atoms with Gasteiger partial charge in [0.1, 0.15) is 12.2 Å². The van der Waals surface area contributed by atoms with E-state index < -0.39 is 41.9 Å². The summed E-state index contributed by atoms with van der Waals surface area (Å²) in [5.74, 6) is -2.26. The van der Waals surface area contributed by atoms with E-state index in [1.54, 1.807) is 57.2 Å². The molecule has 254 valence electrons. The number of rotatable bonds is 10. The van der Waals surface area contributed by atoms with E-state index in [0.29, 0.717) is 24.0 Å². The summed E-state index contributed by atoms with van der Waals surface area (Å²) >= 11 is 0. The van der Waals surface area contributed by atoms with Crippen LogP contribution in [0.5, 0.6) is 0 Å². The Hall–Kier alpha value is -5.07. The molecule has 4 N–H and O–H groups in total. The molecule has 0 bridgehead atoms. The van der Waals surface area contributed by atoms with E-state index in [-0.39, 0.29) is 30.2 Å². The van der Waals surface area contributed by atoms with Gasteiger partial charge in [-0.2, -0.15) is 0 Å². The first-order chi connectivity index (χ1) is 23.7. The molecule has 0 spiro atoms. The van der Waals surface area contributed by atoms with Crippen molar-refractivity contribution in [3.8, 4) is 0 Å². The minimum absolute atomic E-state index is 0.136. The molecule has 2 heterocycles. The molecular formula is C38H40N4O7. The van der Waals surface area contributed by atoms with Gasteiger partial charge >= 0.3 is 6.03 Å². The number of ether oxygens (including phenoxy) is 2. The van der Waals surface area contributed by atoms with Crippen LogP contribution in [0.1, 0.15) is 56.8 Å². The minimum Gasteiger partial charge on any atom is -0.342 e. The number of amides is 4. The predicted octanol–water partition coefficient (Wildman–Crippen LogP) is 5.11. The molecule has 0 unspecified atom stereocenters. The van der Waals surface area contributed by atoms with Crippen molar-refractivity contribution in [2.75, 3.05) is 0 Å². The average molecular weight is 665 g/mol. The number of benzene rings is 4. The fourth-order valence-electron chi connectivity index (χ4n) is 6.89. The second kappa shape index (κ2) is 14.6. The Kier molecular flexibility index (Phi) is 10.1. The molecule has 2 aliphatic rings. The van der Waals surface area contributed by atoms with E-state index in [2.05, 4.69) is 0 Å². The van der Waals surface area contributed by atoms with Gasteiger partial charge in [-0.25, -0.2) is 15.8 Å². The van der Waals surface area contributed by atoms with Crippen molar-refractivity contribution in [2.45, 2.75) is 69.9 Å². The van der Waals surface area contributed by atoms with Crippen LogP contribution in [-0.4, -0.2) is 68.1 Å². The Labute approximate surface area is 285 Å². The Bertz CT molecular complexity index is 1660. The zero-order valence-corrected chi connectivity index (χ0v) is 27.4. The number of hydroxylamine groups is 2. The van der Waals surface area contributed by atoms with Crippen molar-refractivity contribution < 1.29 is 34.3 Å². The first-order valence-electron chi connectivity index (χ1n) is 16.2. The van der Waals surface area contributed by atoms with E-state index in [1.807, 2.05) is 86.6 Å². The standard InChI is InChI=1S/C38H40N4O7/c1-38(2)48-33-31(21-25-11-5-3-6-12-25)41(23-27-15-9-17-29(19-27)35(43)39-46)37(45)42(24-28-16-10-18-30(20-28)36(44)40-47)32(34(33)49-38)22-26-13-7-4-8-14-26/h3-20,31-34,46-47H,21-24H2,1-2H3,(H,39,43)(H,40,44)/t31-,32-,33+,34+/m1/s1. The van der Waals surface area contributed by atoms with Gasteiger partial charge in [-0.15, -0.1) is 0 Å². The highest BCUT2D eigenvalue weighted by Crippen LogP contribution is 2.40. The third-order valence-electron chi connectivity index (χ3n) is 9.08. The van der Waals surface area contributed by atoms with Gasteiger partial charge in [0.25, 0.3) is 11.8 Å². The predicted molar refractivity (Wildman–Crippen MR) is 180 cm³/mol. The molecule has 2 saturated heterocycles. The van der Waals surface area contributed by atoms with Gasteiger partial charge in [0, 0.05) is 24.2 Å². The first-order valence-corrected chi connectivity index (χ1v) is 16.2. The highest BCUT2D eigenvalue weighted by molar-refractivity contribution is 5.94. The van der Waals surface area contributed by atoms with Gasteiger partial charge in [-0.1, -0.05) is 84.9 Å². The number of hydrogen-bond acceptors (Lipinski definition) is 7. The maximum Gasteiger partial charge on any atom is 0.321 e. The monoisotopic (exact) mass is 664 g/mol. The Morgan fingerprint density at radius 1 is 0.633 bits per heavy atom. The zero-order chi connectivity index (χ0) is 34.5. The van der Waals surface area contributed by atoms with Gasteiger partial charge in [-0.3, -0.25) is 20.0 Å². The number of carbonyl (C=O) groups excluding carboxylic acids is 3. The van der Waals surface area contributed by atoms with Crippen LogP contribution in [0.2, 0.25) is 0 Å². The Morgan fingerprint density at radius 2 is 1.02 bits per heavy atom. The maximum absolute atomic E-state index is 15.2. The smallest absolute Gasteiger partial charge is 0.321 e. The third kappa shape index (κ3) is 7.65. The van der Waals surface area contributed by atoms with E-state index in [4.69, 9.17) is 9.47 Å². The molecule has 0 saturated carbocycles. The van der Waals surface area contributed by atoms with E-state index in [1.165, 1.54) is 0 Å². The zero-order valence-electron chi connectivity index (χ0n) is 27.4. The van der Waals surface area contributed by atoms with Crippen LogP contribution in [0.25, 0.3) is 0 Å². The van der Waals surface area contributed by atoms with Gasteiger partial charge in [0.15, 0.2) is 5.79 Å². The molecule has 4 aromatic rings. The average Bonchev–Trinajstić information content (AvgIpc) is 3.42. The molecule has 4 atom stereocenters. The molecule has 0 radical (unpaired) electrons. The highest BCUT2D eigenvalue weighted by Gasteiger charge is 2.55. The number of nitrogens with one attached hydrogen (secondary N) is 2. The molecule has 2 fully saturated rings. The summed E-state index contributed by atoms with van der Waals surface area (Å²) in [7, 11) is 0. The van der Waals surface area contributed by atoms with Crippen LogP contribution in [0.3, 0.4) is 0 Å². The highest BCUT2D eigenvalue weighted by atomic mass is 16.8. The Balaban J connectivity index is 1.49. The summed E-state index contributed by atoms with van der Waals surface area (Å²) in [6.45, 7) is 4.03. The largest absolute Gasteiger partial charge is 0.342 e. The van der Waals surface area contributed by atoms with Crippen LogP contribution >= 0.6 is 0 Å². The van der Waals surface area contributed by atoms with Crippen molar-refractivity contribution in [3.05, 3.63) is 143 Å². The van der Waals surface area contributed by atoms with Crippen molar-refractivity contribution >= 4 is 17.8 Å². The Morgan fingerprint density at radius 3 is 1.41 bits per heavy atom. The SMILES string of the molecule is CC1(C)O[C@@H]2[C@@H](O1)[C@@H](Cc1ccccc1)N(Cc1cccc(C(=O)NO)c1)C(=O)N(Cc1cccc(C(=O)NO)c1)[C@@H]2Cc1ccccc1. The second-order valence-corrected chi connectivity index (χ2v) is 12.9. The summed E-state index contributed by atoms with van der Waals surface area (Å²) in [5.41, 5.74) is 7.27. The summed E-state index contributed by atoms with van der Waals surface area (Å²) in [4.78, 5) is 43.5. The minimum atomic E-state index is -0.949. The normalized spacial score (nSPS) is 21.5. The fourth-order valence-corrected chi connectivity index (χ4v) is 6.89. The van der Waals surface area contributed by atoms with Gasteiger partial charge in [0.2, 0.25) is 0 Å². The molecule has 0 aromatic heterocycles. The van der Waals surface area contributed by atoms with Crippen molar-refractivity contribution in [1.82, 2.24) is 20.8 Å². The molecule has 11 heteroatoms. The lowest BCUT2D eigenvalue weighted by atomic mass is 9.90. The van der Waals surface area contributed by atoms with Crippen LogP contribution in [0, 0.1) is 0 Å². The molecule has 4 aromatic carbocycles. The molecule has 6 rings (SSSR count). The van der Waals surface area contributed by atoms with Crippen LogP contribution < -0.4 is 11.0 Å². The lowest BCUT2D eigenvalue weighted by molar-refractivity contribution is -0.157. The fraction of sp³-hybridized carbons (Fsp3) is 0.289. The summed E-state index contributed by atoms with van der Waals surface area (Å²) in [6.07, 6.45) is -0.119. The number of nitrogens with zero attached hydrogens (tertiary/aromatic N) is 2. The lowest BCUT2D eigenvalue weighted by Gasteiger charge is -2.37. The number of fused-ring (bicyclic) bond motifs is 1. The summed E-state index contributed by atoms with van der Waals surface area (Å²) < 4.78 is 13.4. The van der Waals surface area contributed by atoms with Gasteiger partial charge in [-0.05, 0) is 73.2 Å². The number of hydrogen-bond donors (Lipinski definition) is 4. The molecule has 49 heavy (non-hydrogen) atoms. The van der Waals surface area contributed by atoms with Crippen LogP contribution in [-0.2, 0) is 35.4 Å². The molecule has 0 aliphatic carbocycles. The van der Waals surface area contributed by atoms with Crippen molar-refractivity contribution in [3.63, 3.8) is 0 Å². The van der Waals surface area contributed by atoms with Crippen molar-refractivity contribution in [2.24, 2.45) is 0 Å². The van der Waals surface area contributed by atoms with E-state index in [9.17, 15) is 20.0 Å². The topological polar surface area (TPSA) is 141 Å². The lowest BCUT2D eigenvalue weighted by Crippen LogP contribution is -2.51. The van der Waals surface area contributed by atoms with Gasteiger partial charge < -0.3 is 19.3 Å². The van der Waals surface area contributed by atoms with Crippen molar-refractivity contribution in [1.29, 1.82) is 0 Å². The second-order valence-electron chi connectivity index (χ2n) is 12.9. The number of carbonyl (C=O) groups is 3. The van der Waals surface area contributed by atoms with Gasteiger partial charge in [0.05, 0.1) is 12.1 Å². The molecular weight excluding hydrogens is 624 g/mol.